The summed E-state index contributed by atoms with van der Waals surface area (Å²) in [6.45, 7) is 7.31. The maximum absolute atomic E-state index is 14.7. The third-order valence-corrected chi connectivity index (χ3v) is 11.4. The minimum absolute atomic E-state index is 0.168. The molecule has 0 radical (unpaired) electrons. The van der Waals surface area contributed by atoms with Crippen molar-refractivity contribution in [3.8, 4) is 5.69 Å². The van der Waals surface area contributed by atoms with Crippen LogP contribution >= 0.6 is 0 Å². The molecule has 0 bridgehead atoms. The minimum atomic E-state index is -3.69. The van der Waals surface area contributed by atoms with Crippen LogP contribution in [-0.4, -0.2) is 76.6 Å². The zero-order valence-corrected chi connectivity index (χ0v) is 33.5. The lowest BCUT2D eigenvalue weighted by Crippen LogP contribution is -2.46. The number of aryl methyl sites for hydroxylation is 1. The molecule has 0 unspecified atom stereocenters. The van der Waals surface area contributed by atoms with E-state index in [0.29, 0.717) is 47.8 Å². The summed E-state index contributed by atoms with van der Waals surface area (Å²) in [5.74, 6) is -1.19. The molecule has 13 heteroatoms. The molecule has 0 fully saturated rings. The number of nitrogens with zero attached hydrogens (tertiary/aromatic N) is 4. The fourth-order valence-corrected chi connectivity index (χ4v) is 8.21. The molecule has 1 aromatic heterocycles. The molecule has 4 aromatic carbocycles. The SMILES string of the molecule is CCCCN(CCCC)C(=O)c1cc(C)n(-c2ccc(NC(=O)c3ccc(NS(=O)(=O)Cc4ccccc4)cc3)cc2C(=O)N2Cc3ccccc3C[C@H]2CO)n1. The number of anilines is 2. The standard InChI is InChI=1S/C44H50N6O6S/c1-4-6-23-48(24-7-5-2)44(54)40-25-31(3)50(46-40)41-22-21-37(27-39(41)43(53)49-28-35-16-12-11-15-34(35)26-38(49)29-51)45-42(52)33-17-19-36(20-18-33)47-57(55,56)30-32-13-9-8-10-14-32/h8-22,25,27,38,47,51H,4-7,23-24,26,28-30H2,1-3H3,(H,45,52)/t38-/m0/s1. The van der Waals surface area contributed by atoms with Crippen LogP contribution in [0.25, 0.3) is 5.69 Å². The molecular formula is C44H50N6O6S. The van der Waals surface area contributed by atoms with Crippen molar-refractivity contribution in [2.75, 3.05) is 29.7 Å². The first-order valence-corrected chi connectivity index (χ1v) is 21.1. The lowest BCUT2D eigenvalue weighted by Gasteiger charge is -2.36. The first-order valence-electron chi connectivity index (χ1n) is 19.4. The number of hydrogen-bond donors (Lipinski definition) is 3. The quantitative estimate of drug-likeness (QED) is 0.0975. The highest BCUT2D eigenvalue weighted by atomic mass is 32.2. The number of sulfonamides is 1. The highest BCUT2D eigenvalue weighted by Gasteiger charge is 2.32. The fraction of sp³-hybridized carbons (Fsp3) is 0.318. The largest absolute Gasteiger partial charge is 0.394 e. The normalized spacial score (nSPS) is 13.8. The van der Waals surface area contributed by atoms with E-state index in [4.69, 9.17) is 5.10 Å². The number of benzene rings is 4. The van der Waals surface area contributed by atoms with Gasteiger partial charge in [-0.1, -0.05) is 81.3 Å². The second-order valence-corrected chi connectivity index (χ2v) is 16.2. The monoisotopic (exact) mass is 790 g/mol. The molecule has 3 amide bonds. The van der Waals surface area contributed by atoms with Gasteiger partial charge in [-0.15, -0.1) is 0 Å². The lowest BCUT2D eigenvalue weighted by molar-refractivity contribution is 0.0544. The Bertz CT molecular complexity index is 2300. The topological polar surface area (TPSA) is 154 Å². The van der Waals surface area contributed by atoms with E-state index in [1.807, 2.05) is 42.2 Å². The number of carbonyl (C=O) groups is 3. The molecule has 0 aliphatic carbocycles. The number of amides is 3. The second kappa shape index (κ2) is 18.4. The summed E-state index contributed by atoms with van der Waals surface area (Å²) in [5.41, 5.74) is 5.20. The third-order valence-electron chi connectivity index (χ3n) is 10.1. The second-order valence-electron chi connectivity index (χ2n) is 14.4. The van der Waals surface area contributed by atoms with E-state index in [1.54, 1.807) is 58.1 Å². The first-order chi connectivity index (χ1) is 27.5. The average molecular weight is 791 g/mol. The van der Waals surface area contributed by atoms with Crippen molar-refractivity contribution in [2.45, 2.75) is 71.2 Å². The van der Waals surface area contributed by atoms with E-state index in [0.717, 1.165) is 36.8 Å². The van der Waals surface area contributed by atoms with Gasteiger partial charge in [-0.25, -0.2) is 13.1 Å². The molecule has 0 saturated heterocycles. The van der Waals surface area contributed by atoms with Crippen LogP contribution in [0.5, 0.6) is 0 Å². The molecule has 2 heterocycles. The molecule has 1 aliphatic heterocycles. The van der Waals surface area contributed by atoms with Crippen LogP contribution < -0.4 is 10.0 Å². The zero-order chi connectivity index (χ0) is 40.5. The summed E-state index contributed by atoms with van der Waals surface area (Å²) in [7, 11) is -3.69. The summed E-state index contributed by atoms with van der Waals surface area (Å²) in [6.07, 6.45) is 4.14. The molecule has 0 spiro atoms. The molecule has 6 rings (SSSR count). The molecule has 57 heavy (non-hydrogen) atoms. The lowest BCUT2D eigenvalue weighted by atomic mass is 9.93. The summed E-state index contributed by atoms with van der Waals surface area (Å²) < 4.78 is 29.7. The molecule has 5 aromatic rings. The van der Waals surface area contributed by atoms with Gasteiger partial charge in [0.25, 0.3) is 17.7 Å². The Hall–Kier alpha value is -5.79. The van der Waals surface area contributed by atoms with Gasteiger partial charge in [0.2, 0.25) is 10.0 Å². The van der Waals surface area contributed by atoms with Crippen molar-refractivity contribution in [3.63, 3.8) is 0 Å². The Balaban J connectivity index is 1.29. The van der Waals surface area contributed by atoms with Crippen molar-refractivity contribution >= 4 is 39.1 Å². The molecule has 1 atom stereocenters. The average Bonchev–Trinajstić information content (AvgIpc) is 3.61. The number of aromatic nitrogens is 2. The van der Waals surface area contributed by atoms with Crippen LogP contribution in [-0.2, 0) is 28.7 Å². The number of aliphatic hydroxyl groups excluding tert-OH is 1. The number of rotatable bonds is 16. The molecule has 3 N–H and O–H groups in total. The maximum Gasteiger partial charge on any atom is 0.274 e. The fourth-order valence-electron chi connectivity index (χ4n) is 7.01. The predicted octanol–water partition coefficient (Wildman–Crippen LogP) is 6.98. The Kier molecular flexibility index (Phi) is 13.2. The van der Waals surface area contributed by atoms with Gasteiger partial charge in [-0.3, -0.25) is 19.1 Å². The minimum Gasteiger partial charge on any atom is -0.394 e. The van der Waals surface area contributed by atoms with Gasteiger partial charge in [0.05, 0.1) is 29.7 Å². The zero-order valence-electron chi connectivity index (χ0n) is 32.6. The van der Waals surface area contributed by atoms with Crippen molar-refractivity contribution in [1.29, 1.82) is 0 Å². The van der Waals surface area contributed by atoms with Gasteiger partial charge >= 0.3 is 0 Å². The summed E-state index contributed by atoms with van der Waals surface area (Å²) in [4.78, 5) is 45.5. The van der Waals surface area contributed by atoms with Crippen LogP contribution in [0.15, 0.2) is 103 Å². The third kappa shape index (κ3) is 9.97. The first kappa shape index (κ1) is 40.9. The van der Waals surface area contributed by atoms with E-state index in [2.05, 4.69) is 23.9 Å². The van der Waals surface area contributed by atoms with Crippen LogP contribution in [0.1, 0.15) is 93.1 Å². The van der Waals surface area contributed by atoms with Gasteiger partial charge < -0.3 is 20.2 Å². The highest BCUT2D eigenvalue weighted by molar-refractivity contribution is 7.91. The summed E-state index contributed by atoms with van der Waals surface area (Å²) >= 11 is 0. The number of hydrogen-bond acceptors (Lipinski definition) is 7. The van der Waals surface area contributed by atoms with E-state index < -0.39 is 22.0 Å². The van der Waals surface area contributed by atoms with Crippen LogP contribution in [0, 0.1) is 6.92 Å². The van der Waals surface area contributed by atoms with Crippen molar-refractivity contribution in [2.24, 2.45) is 0 Å². The summed E-state index contributed by atoms with van der Waals surface area (Å²) in [5, 5.41) is 18.1. The Morgan fingerprint density at radius 2 is 1.49 bits per heavy atom. The van der Waals surface area contributed by atoms with E-state index in [-0.39, 0.29) is 47.5 Å². The van der Waals surface area contributed by atoms with Gasteiger partial charge in [0.15, 0.2) is 5.69 Å². The number of fused-ring (bicyclic) bond motifs is 1. The number of unbranched alkanes of at least 4 members (excludes halogenated alkanes) is 2. The van der Waals surface area contributed by atoms with Gasteiger partial charge in [-0.2, -0.15) is 5.10 Å². The molecule has 12 nitrogen and oxygen atoms in total. The van der Waals surface area contributed by atoms with Crippen LogP contribution in [0.3, 0.4) is 0 Å². The van der Waals surface area contributed by atoms with E-state index in [1.165, 1.54) is 24.3 Å². The highest BCUT2D eigenvalue weighted by Crippen LogP contribution is 2.29. The number of carbonyl (C=O) groups excluding carboxylic acids is 3. The Labute approximate surface area is 334 Å². The van der Waals surface area contributed by atoms with Crippen LogP contribution in [0.4, 0.5) is 11.4 Å². The van der Waals surface area contributed by atoms with E-state index >= 15 is 0 Å². The van der Waals surface area contributed by atoms with Crippen molar-refractivity contribution in [1.82, 2.24) is 19.6 Å². The smallest absolute Gasteiger partial charge is 0.274 e. The Morgan fingerprint density at radius 3 is 2.16 bits per heavy atom. The van der Waals surface area contributed by atoms with Crippen molar-refractivity contribution < 1.29 is 27.9 Å². The van der Waals surface area contributed by atoms with Gasteiger partial charge in [0.1, 0.15) is 0 Å². The van der Waals surface area contributed by atoms with Crippen LogP contribution in [0.2, 0.25) is 0 Å². The maximum atomic E-state index is 14.7. The molecular weight excluding hydrogens is 741 g/mol. The molecule has 1 aliphatic rings. The number of nitrogens with one attached hydrogen (secondary N) is 2. The molecule has 298 valence electrons. The Morgan fingerprint density at radius 1 is 0.842 bits per heavy atom. The van der Waals surface area contributed by atoms with Gasteiger partial charge in [-0.05, 0) is 91.4 Å². The predicted molar refractivity (Wildman–Crippen MR) is 222 cm³/mol. The number of aliphatic hydroxyl groups is 1. The summed E-state index contributed by atoms with van der Waals surface area (Å²) in [6, 6.07) is 29.0. The molecule has 0 saturated carbocycles. The van der Waals surface area contributed by atoms with E-state index in [9.17, 15) is 27.9 Å². The van der Waals surface area contributed by atoms with Crippen molar-refractivity contribution in [3.05, 3.63) is 142 Å². The van der Waals surface area contributed by atoms with Gasteiger partial charge in [0, 0.05) is 42.3 Å².